The lowest BCUT2D eigenvalue weighted by molar-refractivity contribution is 0.618. The van der Waals surface area contributed by atoms with E-state index in [1.165, 1.54) is 6.07 Å². The molecule has 0 aliphatic heterocycles. The van der Waals surface area contributed by atoms with Crippen LogP contribution in [0.1, 0.15) is 11.1 Å². The fraction of sp³-hybridized carbons (Fsp3) is 0.125. The van der Waals surface area contributed by atoms with E-state index in [9.17, 15) is 4.39 Å². The summed E-state index contributed by atoms with van der Waals surface area (Å²) in [5.74, 6) is 0.724. The zero-order chi connectivity index (χ0) is 14.3. The van der Waals surface area contributed by atoms with Gasteiger partial charge in [0.15, 0.2) is 5.82 Å². The number of nitrogens with two attached hydrogens (primary N) is 1. The summed E-state index contributed by atoms with van der Waals surface area (Å²) in [5, 5.41) is 0.840. The normalized spacial score (nSPS) is 10.9. The average Bonchev–Trinajstić information content (AvgIpc) is 2.43. The number of rotatable bonds is 1. The first-order valence-corrected chi connectivity index (χ1v) is 6.35. The van der Waals surface area contributed by atoms with E-state index in [2.05, 4.69) is 9.97 Å². The lowest BCUT2D eigenvalue weighted by Gasteiger charge is -2.08. The van der Waals surface area contributed by atoms with Crippen LogP contribution in [0.4, 0.5) is 10.2 Å². The molecule has 100 valence electrons. The number of anilines is 1. The molecular formula is C16H14FN3. The maximum atomic E-state index is 13.3. The Bertz CT molecular complexity index is 812. The highest BCUT2D eigenvalue weighted by Crippen LogP contribution is 2.25. The van der Waals surface area contributed by atoms with Crippen molar-refractivity contribution in [3.8, 4) is 11.4 Å². The van der Waals surface area contributed by atoms with E-state index in [4.69, 9.17) is 5.73 Å². The van der Waals surface area contributed by atoms with E-state index >= 15 is 0 Å². The molecule has 0 saturated heterocycles. The summed E-state index contributed by atoms with van der Waals surface area (Å²) < 4.78 is 13.3. The molecule has 0 unspecified atom stereocenters. The molecule has 3 aromatic rings. The highest BCUT2D eigenvalue weighted by molar-refractivity contribution is 5.91. The molecule has 0 atom stereocenters. The second-order valence-electron chi connectivity index (χ2n) is 4.87. The number of benzene rings is 2. The summed E-state index contributed by atoms with van der Waals surface area (Å²) in [7, 11) is 0. The van der Waals surface area contributed by atoms with Gasteiger partial charge in [0.05, 0.1) is 5.52 Å². The van der Waals surface area contributed by atoms with Crippen LogP contribution in [0.2, 0.25) is 0 Å². The Hall–Kier alpha value is -2.49. The Kier molecular flexibility index (Phi) is 2.86. The third-order valence-corrected chi connectivity index (χ3v) is 3.37. The fourth-order valence-electron chi connectivity index (χ4n) is 2.23. The van der Waals surface area contributed by atoms with Crippen molar-refractivity contribution in [3.63, 3.8) is 0 Å². The highest BCUT2D eigenvalue weighted by atomic mass is 19.1. The van der Waals surface area contributed by atoms with E-state index in [0.717, 1.165) is 22.0 Å². The van der Waals surface area contributed by atoms with Gasteiger partial charge >= 0.3 is 0 Å². The van der Waals surface area contributed by atoms with Gasteiger partial charge in [0, 0.05) is 10.9 Å². The SMILES string of the molecule is Cc1cc(-c2nc(N)c3cccc(C)c3n2)ccc1F. The summed E-state index contributed by atoms with van der Waals surface area (Å²) in [6, 6.07) is 10.6. The van der Waals surface area contributed by atoms with E-state index in [-0.39, 0.29) is 5.82 Å². The molecule has 0 amide bonds. The Morgan fingerprint density at radius 3 is 2.55 bits per heavy atom. The van der Waals surface area contributed by atoms with Gasteiger partial charge in [0.1, 0.15) is 11.6 Å². The van der Waals surface area contributed by atoms with Crippen molar-refractivity contribution in [2.75, 3.05) is 5.73 Å². The number of halogens is 1. The van der Waals surface area contributed by atoms with Crippen LogP contribution in [0, 0.1) is 19.7 Å². The third kappa shape index (κ3) is 1.99. The minimum Gasteiger partial charge on any atom is -0.383 e. The number of fused-ring (bicyclic) bond motifs is 1. The Balaban J connectivity index is 2.26. The van der Waals surface area contributed by atoms with Crippen LogP contribution in [0.5, 0.6) is 0 Å². The molecule has 0 aliphatic rings. The molecule has 0 saturated carbocycles. The van der Waals surface area contributed by atoms with Crippen LogP contribution in [-0.4, -0.2) is 9.97 Å². The molecule has 1 heterocycles. The standard InChI is InChI=1S/C16H14FN3/c1-9-4-3-5-12-14(9)19-16(20-15(12)18)11-6-7-13(17)10(2)8-11/h3-8H,1-2H3,(H2,18,19,20). The molecule has 0 spiro atoms. The molecule has 0 aliphatic carbocycles. The monoisotopic (exact) mass is 267 g/mol. The second-order valence-corrected chi connectivity index (χ2v) is 4.87. The molecule has 4 heteroatoms. The topological polar surface area (TPSA) is 51.8 Å². The minimum absolute atomic E-state index is 0.237. The molecule has 2 N–H and O–H groups in total. The van der Waals surface area contributed by atoms with Crippen molar-refractivity contribution in [3.05, 3.63) is 53.3 Å². The molecule has 1 aromatic heterocycles. The summed E-state index contributed by atoms with van der Waals surface area (Å²) in [5.41, 5.74) is 9.20. The van der Waals surface area contributed by atoms with Gasteiger partial charge in [-0.15, -0.1) is 0 Å². The smallest absolute Gasteiger partial charge is 0.162 e. The quantitative estimate of drug-likeness (QED) is 0.732. The van der Waals surface area contributed by atoms with Gasteiger partial charge in [-0.25, -0.2) is 14.4 Å². The lowest BCUT2D eigenvalue weighted by atomic mass is 10.1. The maximum absolute atomic E-state index is 13.3. The summed E-state index contributed by atoms with van der Waals surface area (Å²) in [6.45, 7) is 3.70. The van der Waals surface area contributed by atoms with Crippen LogP contribution >= 0.6 is 0 Å². The first kappa shape index (κ1) is 12.5. The predicted molar refractivity (Wildman–Crippen MR) is 78.8 cm³/mol. The van der Waals surface area contributed by atoms with E-state index < -0.39 is 0 Å². The van der Waals surface area contributed by atoms with Gasteiger partial charge in [0.25, 0.3) is 0 Å². The molecule has 0 radical (unpaired) electrons. The van der Waals surface area contributed by atoms with Crippen LogP contribution in [0.3, 0.4) is 0 Å². The van der Waals surface area contributed by atoms with E-state index in [1.807, 2.05) is 25.1 Å². The highest BCUT2D eigenvalue weighted by Gasteiger charge is 2.10. The zero-order valence-electron chi connectivity index (χ0n) is 11.3. The van der Waals surface area contributed by atoms with E-state index in [1.54, 1.807) is 19.1 Å². The number of aryl methyl sites for hydroxylation is 2. The number of para-hydroxylation sites is 1. The van der Waals surface area contributed by atoms with Crippen LogP contribution < -0.4 is 5.73 Å². The zero-order valence-corrected chi connectivity index (χ0v) is 11.3. The molecule has 20 heavy (non-hydrogen) atoms. The third-order valence-electron chi connectivity index (χ3n) is 3.37. The number of aromatic nitrogens is 2. The molecular weight excluding hydrogens is 253 g/mol. The first-order valence-electron chi connectivity index (χ1n) is 6.35. The molecule has 0 fully saturated rings. The summed E-state index contributed by atoms with van der Waals surface area (Å²) in [4.78, 5) is 8.89. The number of hydrogen-bond acceptors (Lipinski definition) is 3. The van der Waals surface area contributed by atoms with Gasteiger partial charge < -0.3 is 5.73 Å². The summed E-state index contributed by atoms with van der Waals surface area (Å²) in [6.07, 6.45) is 0. The fourth-order valence-corrected chi connectivity index (χ4v) is 2.23. The molecule has 0 bridgehead atoms. The van der Waals surface area contributed by atoms with Crippen LogP contribution in [0.15, 0.2) is 36.4 Å². The lowest BCUT2D eigenvalue weighted by Crippen LogP contribution is -1.99. The number of nitrogen functional groups attached to an aromatic ring is 1. The van der Waals surface area contributed by atoms with Crippen molar-refractivity contribution >= 4 is 16.7 Å². The largest absolute Gasteiger partial charge is 0.383 e. The van der Waals surface area contributed by atoms with E-state index in [0.29, 0.717) is 17.2 Å². The van der Waals surface area contributed by atoms with Crippen molar-refractivity contribution < 1.29 is 4.39 Å². The number of nitrogens with zero attached hydrogens (tertiary/aromatic N) is 2. The molecule has 2 aromatic carbocycles. The number of hydrogen-bond donors (Lipinski definition) is 1. The second kappa shape index (κ2) is 4.56. The van der Waals surface area contributed by atoms with Gasteiger partial charge in [-0.05, 0) is 49.2 Å². The summed E-state index contributed by atoms with van der Waals surface area (Å²) >= 11 is 0. The van der Waals surface area contributed by atoms with Gasteiger partial charge in [0.2, 0.25) is 0 Å². The van der Waals surface area contributed by atoms with Gasteiger partial charge in [-0.3, -0.25) is 0 Å². The Morgan fingerprint density at radius 1 is 1.00 bits per heavy atom. The van der Waals surface area contributed by atoms with Gasteiger partial charge in [-0.1, -0.05) is 12.1 Å². The van der Waals surface area contributed by atoms with Gasteiger partial charge in [-0.2, -0.15) is 0 Å². The van der Waals surface area contributed by atoms with Crippen LogP contribution in [-0.2, 0) is 0 Å². The minimum atomic E-state index is -0.237. The van der Waals surface area contributed by atoms with Crippen molar-refractivity contribution in [2.45, 2.75) is 13.8 Å². The molecule has 3 rings (SSSR count). The van der Waals surface area contributed by atoms with Crippen LogP contribution in [0.25, 0.3) is 22.3 Å². The Morgan fingerprint density at radius 2 is 1.80 bits per heavy atom. The maximum Gasteiger partial charge on any atom is 0.162 e. The Labute approximate surface area is 116 Å². The van der Waals surface area contributed by atoms with Crippen molar-refractivity contribution in [1.82, 2.24) is 9.97 Å². The van der Waals surface area contributed by atoms with Crippen molar-refractivity contribution in [2.24, 2.45) is 0 Å². The predicted octanol–water partition coefficient (Wildman–Crippen LogP) is 3.63. The average molecular weight is 267 g/mol. The van der Waals surface area contributed by atoms with Crippen molar-refractivity contribution in [1.29, 1.82) is 0 Å². The molecule has 3 nitrogen and oxygen atoms in total. The first-order chi connectivity index (χ1) is 9.56.